The number of amides is 1. The fourth-order valence-corrected chi connectivity index (χ4v) is 5.73. The Bertz CT molecular complexity index is 1800. The summed E-state index contributed by atoms with van der Waals surface area (Å²) >= 11 is 0. The van der Waals surface area contributed by atoms with Crippen molar-refractivity contribution in [2.24, 2.45) is 0 Å². The van der Waals surface area contributed by atoms with Crippen molar-refractivity contribution in [3.63, 3.8) is 0 Å². The lowest BCUT2D eigenvalue weighted by Crippen LogP contribution is -2.26. The minimum atomic E-state index is -4.56. The number of hydrogen-bond acceptors (Lipinski definition) is 8. The fourth-order valence-electron chi connectivity index (χ4n) is 4.35. The first-order chi connectivity index (χ1) is 19.0. The van der Waals surface area contributed by atoms with Gasteiger partial charge in [0.25, 0.3) is 5.91 Å². The Balaban J connectivity index is 1.25. The van der Waals surface area contributed by atoms with Crippen LogP contribution in [0.25, 0.3) is 22.2 Å². The van der Waals surface area contributed by atoms with Crippen LogP contribution in [0.5, 0.6) is 17.2 Å². The molecule has 0 unspecified atom stereocenters. The molecule has 0 bridgehead atoms. The van der Waals surface area contributed by atoms with Gasteiger partial charge in [-0.2, -0.15) is 0 Å². The van der Waals surface area contributed by atoms with Crippen LogP contribution in [0.15, 0.2) is 59.6 Å². The molecule has 2 aliphatic rings. The number of para-hydroxylation sites is 1. The molecule has 0 aliphatic carbocycles. The molecule has 0 saturated heterocycles. The second-order valence-electron chi connectivity index (χ2n) is 8.93. The Kier molecular flexibility index (Phi) is 6.02. The standard InChI is InChI=1S/C26H17F4N3O6S/c27-17-8-14(9-21-24(17)37-7-6-22(28)40(21,35)36)25(34)32-12-15-10-19-13(11-31-15)4-5-18(33-19)16-2-1-3-20-23(16)39-26(29,30)38-20/h1-5,8-11,22H,6-7,12H2,(H,32,34)/t22-/m1/s1. The topological polar surface area (TPSA) is 117 Å². The molecule has 4 heterocycles. The summed E-state index contributed by atoms with van der Waals surface area (Å²) in [6.45, 7) is -0.489. The minimum Gasteiger partial charge on any atom is -0.489 e. The fraction of sp³-hybridized carbons (Fsp3) is 0.192. The van der Waals surface area contributed by atoms with E-state index in [1.54, 1.807) is 24.3 Å². The smallest absolute Gasteiger partial charge is 0.489 e. The van der Waals surface area contributed by atoms with Gasteiger partial charge in [-0.1, -0.05) is 6.07 Å². The van der Waals surface area contributed by atoms with Crippen LogP contribution in [0.4, 0.5) is 17.6 Å². The third-order valence-electron chi connectivity index (χ3n) is 6.27. The zero-order valence-electron chi connectivity index (χ0n) is 20.2. The number of aromatic nitrogens is 2. The number of nitrogens with zero attached hydrogens (tertiary/aromatic N) is 2. The van der Waals surface area contributed by atoms with Gasteiger partial charge in [0.05, 0.1) is 30.1 Å². The number of pyridine rings is 2. The summed E-state index contributed by atoms with van der Waals surface area (Å²) < 4.78 is 95.1. The number of ether oxygens (including phenoxy) is 3. The predicted octanol–water partition coefficient (Wildman–Crippen LogP) is 4.54. The number of halogens is 4. The number of fused-ring (bicyclic) bond motifs is 3. The molecule has 40 heavy (non-hydrogen) atoms. The lowest BCUT2D eigenvalue weighted by Gasteiger charge is -2.12. The van der Waals surface area contributed by atoms with Crippen LogP contribution in [0, 0.1) is 5.82 Å². The maximum absolute atomic E-state index is 14.6. The monoisotopic (exact) mass is 575 g/mol. The van der Waals surface area contributed by atoms with Gasteiger partial charge in [-0.05, 0) is 42.5 Å². The summed E-state index contributed by atoms with van der Waals surface area (Å²) in [7, 11) is -4.56. The first-order valence-electron chi connectivity index (χ1n) is 11.8. The van der Waals surface area contributed by atoms with Crippen LogP contribution in [0.2, 0.25) is 0 Å². The molecule has 206 valence electrons. The van der Waals surface area contributed by atoms with E-state index in [1.165, 1.54) is 18.3 Å². The van der Waals surface area contributed by atoms with E-state index in [2.05, 4.69) is 24.8 Å². The summed E-state index contributed by atoms with van der Waals surface area (Å²) in [6.07, 6.45) is -2.78. The molecule has 2 aromatic carbocycles. The van der Waals surface area contributed by atoms with Crippen molar-refractivity contribution >= 4 is 26.6 Å². The van der Waals surface area contributed by atoms with Gasteiger partial charge in [-0.25, -0.2) is 22.2 Å². The van der Waals surface area contributed by atoms with Crippen molar-refractivity contribution in [3.05, 3.63) is 71.8 Å². The van der Waals surface area contributed by atoms with E-state index in [1.807, 2.05) is 0 Å². The first kappa shape index (κ1) is 25.8. The summed E-state index contributed by atoms with van der Waals surface area (Å²) in [6, 6.07) is 10.9. The molecule has 1 atom stereocenters. The van der Waals surface area contributed by atoms with Crippen LogP contribution < -0.4 is 19.5 Å². The van der Waals surface area contributed by atoms with Gasteiger partial charge in [-0.15, -0.1) is 8.78 Å². The molecule has 14 heteroatoms. The molecule has 0 radical (unpaired) electrons. The molecular weight excluding hydrogens is 558 g/mol. The Morgan fingerprint density at radius 3 is 2.75 bits per heavy atom. The Morgan fingerprint density at radius 1 is 1.10 bits per heavy atom. The largest absolute Gasteiger partial charge is 0.586 e. The lowest BCUT2D eigenvalue weighted by molar-refractivity contribution is -0.286. The third kappa shape index (κ3) is 4.53. The maximum atomic E-state index is 14.6. The number of carbonyl (C=O) groups is 1. The maximum Gasteiger partial charge on any atom is 0.586 e. The highest BCUT2D eigenvalue weighted by Crippen LogP contribution is 2.46. The average Bonchev–Trinajstić information content (AvgIpc) is 3.19. The molecule has 4 aromatic rings. The van der Waals surface area contributed by atoms with Crippen LogP contribution in [-0.4, -0.2) is 42.7 Å². The van der Waals surface area contributed by atoms with Gasteiger partial charge >= 0.3 is 6.29 Å². The first-order valence-corrected chi connectivity index (χ1v) is 13.3. The molecule has 2 aromatic heterocycles. The third-order valence-corrected chi connectivity index (χ3v) is 8.10. The molecule has 6 rings (SSSR count). The van der Waals surface area contributed by atoms with Crippen LogP contribution in [-0.2, 0) is 16.4 Å². The highest BCUT2D eigenvalue weighted by atomic mass is 32.2. The second-order valence-corrected chi connectivity index (χ2v) is 11.0. The van der Waals surface area contributed by atoms with Crippen LogP contribution in [0.1, 0.15) is 22.5 Å². The Morgan fingerprint density at radius 2 is 1.93 bits per heavy atom. The Hall–Kier alpha value is -4.46. The summed E-state index contributed by atoms with van der Waals surface area (Å²) in [5, 5.41) is 3.13. The SMILES string of the molecule is O=C(NCc1cc2nc(-c3cccc4c3OC(F)(F)O4)ccc2cn1)c1cc(F)c2c(c1)S(=O)(=O)[C@@H](F)CCO2. The van der Waals surface area contributed by atoms with E-state index in [0.29, 0.717) is 22.3 Å². The second kappa shape index (κ2) is 9.33. The molecule has 9 nitrogen and oxygen atoms in total. The lowest BCUT2D eigenvalue weighted by atomic mass is 10.1. The molecule has 1 N–H and O–H groups in total. The normalized spacial score (nSPS) is 18.4. The van der Waals surface area contributed by atoms with Gasteiger partial charge in [0.2, 0.25) is 15.3 Å². The van der Waals surface area contributed by atoms with E-state index in [0.717, 1.165) is 12.1 Å². The van der Waals surface area contributed by atoms with Crippen molar-refractivity contribution < 1.29 is 45.0 Å². The highest BCUT2D eigenvalue weighted by molar-refractivity contribution is 7.92. The van der Waals surface area contributed by atoms with Crippen molar-refractivity contribution in [1.29, 1.82) is 0 Å². The van der Waals surface area contributed by atoms with Crippen molar-refractivity contribution in [1.82, 2.24) is 15.3 Å². The zero-order chi connectivity index (χ0) is 28.2. The van der Waals surface area contributed by atoms with E-state index in [4.69, 9.17) is 4.74 Å². The van der Waals surface area contributed by atoms with Crippen LogP contribution in [0.3, 0.4) is 0 Å². The number of sulfone groups is 1. The van der Waals surface area contributed by atoms with Gasteiger partial charge in [0, 0.05) is 29.1 Å². The molecule has 2 aliphatic heterocycles. The minimum absolute atomic E-state index is 0.127. The number of nitrogens with one attached hydrogen (secondary N) is 1. The van der Waals surface area contributed by atoms with E-state index in [9.17, 15) is 30.8 Å². The number of hydrogen-bond donors (Lipinski definition) is 1. The van der Waals surface area contributed by atoms with Gasteiger partial charge < -0.3 is 19.5 Å². The van der Waals surface area contributed by atoms with Gasteiger partial charge in [-0.3, -0.25) is 9.78 Å². The summed E-state index contributed by atoms with van der Waals surface area (Å²) in [5.41, 5.74) is -1.28. The molecule has 0 saturated carbocycles. The van der Waals surface area contributed by atoms with Crippen LogP contribution >= 0.6 is 0 Å². The average molecular weight is 575 g/mol. The van der Waals surface area contributed by atoms with E-state index in [-0.39, 0.29) is 35.8 Å². The van der Waals surface area contributed by atoms with Crippen molar-refractivity contribution in [2.45, 2.75) is 29.7 Å². The number of alkyl halides is 3. The van der Waals surface area contributed by atoms with Crippen molar-refractivity contribution in [3.8, 4) is 28.5 Å². The summed E-state index contributed by atoms with van der Waals surface area (Å²) in [4.78, 5) is 20.8. The van der Waals surface area contributed by atoms with E-state index < -0.39 is 50.4 Å². The van der Waals surface area contributed by atoms with E-state index >= 15 is 0 Å². The Labute approximate surface area is 223 Å². The predicted molar refractivity (Wildman–Crippen MR) is 131 cm³/mol. The van der Waals surface area contributed by atoms with Crippen molar-refractivity contribution in [2.75, 3.05) is 6.61 Å². The highest BCUT2D eigenvalue weighted by Gasteiger charge is 2.44. The van der Waals surface area contributed by atoms with Gasteiger partial charge in [0.15, 0.2) is 23.1 Å². The quantitative estimate of drug-likeness (QED) is 0.353. The molecule has 1 amide bonds. The molecular formula is C26H17F4N3O6S. The van der Waals surface area contributed by atoms with Gasteiger partial charge in [0.1, 0.15) is 4.90 Å². The number of benzene rings is 2. The zero-order valence-corrected chi connectivity index (χ0v) is 21.0. The summed E-state index contributed by atoms with van der Waals surface area (Å²) in [5.74, 6) is -2.85. The molecule has 0 spiro atoms. The number of rotatable bonds is 4. The molecule has 0 fully saturated rings. The number of carbonyl (C=O) groups excluding carboxylic acids is 1.